The second-order valence-electron chi connectivity index (χ2n) is 10.0. The molecule has 4 rings (SSSR count). The SMILES string of the molecule is CC1(C)C(C(=O)N(Cc2ccccc2)C2CC(=O)N(c3ccc(C(N)=O)cc3)C2=O)C1(C)C. The van der Waals surface area contributed by atoms with Crippen LogP contribution in [0, 0.1) is 16.7 Å². The molecule has 7 nitrogen and oxygen atoms in total. The largest absolute Gasteiger partial charge is 0.366 e. The van der Waals surface area contributed by atoms with Crippen LogP contribution in [0.3, 0.4) is 0 Å². The molecule has 172 valence electrons. The standard InChI is InChI=1S/C26H29N3O4/c1-25(2)21(26(25,3)4)24(33)28(15-16-8-6-5-7-9-16)19-14-20(30)29(23(19)32)18-12-10-17(11-13-18)22(27)31/h5-13,19,21H,14-15H2,1-4H3,(H2,27,31). The van der Waals surface area contributed by atoms with Crippen LogP contribution in [0.1, 0.15) is 50.0 Å². The number of carbonyl (C=O) groups excluding carboxylic acids is 4. The zero-order valence-corrected chi connectivity index (χ0v) is 19.4. The Kier molecular flexibility index (Phi) is 5.39. The molecule has 0 aromatic heterocycles. The Balaban J connectivity index is 1.65. The molecule has 33 heavy (non-hydrogen) atoms. The van der Waals surface area contributed by atoms with Crippen LogP contribution in [0.2, 0.25) is 0 Å². The minimum atomic E-state index is -0.881. The van der Waals surface area contributed by atoms with E-state index >= 15 is 0 Å². The van der Waals surface area contributed by atoms with Crippen molar-refractivity contribution >= 4 is 29.3 Å². The van der Waals surface area contributed by atoms with E-state index < -0.39 is 17.9 Å². The van der Waals surface area contributed by atoms with E-state index in [1.165, 1.54) is 24.3 Å². The molecule has 1 saturated heterocycles. The predicted octanol–water partition coefficient (Wildman–Crippen LogP) is 3.13. The molecule has 1 aliphatic carbocycles. The second-order valence-corrected chi connectivity index (χ2v) is 10.0. The van der Waals surface area contributed by atoms with Gasteiger partial charge in [0.15, 0.2) is 0 Å². The van der Waals surface area contributed by atoms with Gasteiger partial charge in [0.1, 0.15) is 6.04 Å². The van der Waals surface area contributed by atoms with Gasteiger partial charge in [-0.15, -0.1) is 0 Å². The second kappa shape index (κ2) is 7.83. The first-order valence-electron chi connectivity index (χ1n) is 11.1. The van der Waals surface area contributed by atoms with Crippen LogP contribution < -0.4 is 10.6 Å². The van der Waals surface area contributed by atoms with Crippen molar-refractivity contribution in [2.75, 3.05) is 4.90 Å². The molecule has 1 heterocycles. The molecule has 2 aliphatic rings. The number of hydrogen-bond donors (Lipinski definition) is 1. The Bertz CT molecular complexity index is 1110. The van der Waals surface area contributed by atoms with Crippen molar-refractivity contribution in [3.05, 3.63) is 65.7 Å². The van der Waals surface area contributed by atoms with Gasteiger partial charge in [0.25, 0.3) is 5.91 Å². The molecule has 1 saturated carbocycles. The third kappa shape index (κ3) is 3.71. The molecule has 2 N–H and O–H groups in total. The maximum atomic E-state index is 13.7. The average molecular weight is 448 g/mol. The van der Waals surface area contributed by atoms with E-state index in [4.69, 9.17) is 5.73 Å². The summed E-state index contributed by atoms with van der Waals surface area (Å²) in [7, 11) is 0. The van der Waals surface area contributed by atoms with Crippen molar-refractivity contribution in [2.24, 2.45) is 22.5 Å². The number of benzene rings is 2. The van der Waals surface area contributed by atoms with E-state index in [1.807, 2.05) is 30.3 Å². The van der Waals surface area contributed by atoms with Crippen molar-refractivity contribution in [1.82, 2.24) is 4.90 Å². The van der Waals surface area contributed by atoms with Crippen LogP contribution in [0.4, 0.5) is 5.69 Å². The summed E-state index contributed by atoms with van der Waals surface area (Å²) in [4.78, 5) is 54.1. The van der Waals surface area contributed by atoms with E-state index in [0.717, 1.165) is 10.5 Å². The van der Waals surface area contributed by atoms with E-state index in [9.17, 15) is 19.2 Å². The van der Waals surface area contributed by atoms with Gasteiger partial charge >= 0.3 is 0 Å². The van der Waals surface area contributed by atoms with E-state index in [0.29, 0.717) is 5.69 Å². The third-order valence-electron chi connectivity index (χ3n) is 7.66. The fourth-order valence-electron chi connectivity index (χ4n) is 5.01. The Hall–Kier alpha value is -3.48. The summed E-state index contributed by atoms with van der Waals surface area (Å²) in [5.41, 5.74) is 6.43. The molecule has 4 amide bonds. The molecular weight excluding hydrogens is 418 g/mol. The fraction of sp³-hybridized carbons (Fsp3) is 0.385. The highest BCUT2D eigenvalue weighted by atomic mass is 16.2. The molecule has 2 fully saturated rings. The maximum absolute atomic E-state index is 13.7. The highest BCUT2D eigenvalue weighted by Gasteiger charge is 2.69. The molecule has 0 radical (unpaired) electrons. The first-order chi connectivity index (χ1) is 15.5. The molecule has 1 atom stereocenters. The van der Waals surface area contributed by atoms with Gasteiger partial charge in [-0.05, 0) is 40.7 Å². The maximum Gasteiger partial charge on any atom is 0.257 e. The van der Waals surface area contributed by atoms with Crippen LogP contribution in [0.5, 0.6) is 0 Å². The summed E-state index contributed by atoms with van der Waals surface area (Å²) < 4.78 is 0. The Morgan fingerprint density at radius 2 is 1.55 bits per heavy atom. The van der Waals surface area contributed by atoms with Gasteiger partial charge in [-0.25, -0.2) is 4.90 Å². The number of carbonyl (C=O) groups is 4. The fourth-order valence-corrected chi connectivity index (χ4v) is 5.01. The van der Waals surface area contributed by atoms with E-state index in [2.05, 4.69) is 27.7 Å². The quantitative estimate of drug-likeness (QED) is 0.688. The van der Waals surface area contributed by atoms with Crippen molar-refractivity contribution in [1.29, 1.82) is 0 Å². The average Bonchev–Trinajstić information content (AvgIpc) is 3.00. The number of nitrogens with two attached hydrogens (primary N) is 1. The Labute approximate surface area is 193 Å². The number of imide groups is 1. The molecule has 7 heteroatoms. The summed E-state index contributed by atoms with van der Waals surface area (Å²) >= 11 is 0. The molecular formula is C26H29N3O4. The van der Waals surface area contributed by atoms with Gasteiger partial charge in [-0.3, -0.25) is 19.2 Å². The summed E-state index contributed by atoms with van der Waals surface area (Å²) in [6, 6.07) is 14.6. The number of amides is 4. The molecule has 0 bridgehead atoms. The number of rotatable bonds is 6. The lowest BCUT2D eigenvalue weighted by Gasteiger charge is -2.29. The normalized spacial score (nSPS) is 21.2. The summed E-state index contributed by atoms with van der Waals surface area (Å²) in [5, 5.41) is 0. The molecule has 1 aliphatic heterocycles. The summed E-state index contributed by atoms with van der Waals surface area (Å²) in [6.07, 6.45) is -0.0808. The van der Waals surface area contributed by atoms with Crippen LogP contribution in [0.15, 0.2) is 54.6 Å². The van der Waals surface area contributed by atoms with Crippen molar-refractivity contribution < 1.29 is 19.2 Å². The van der Waals surface area contributed by atoms with E-state index in [1.54, 1.807) is 4.90 Å². The van der Waals surface area contributed by atoms with Gasteiger partial charge < -0.3 is 10.6 Å². The highest BCUT2D eigenvalue weighted by molar-refractivity contribution is 6.23. The molecule has 2 aromatic carbocycles. The smallest absolute Gasteiger partial charge is 0.257 e. The highest BCUT2D eigenvalue weighted by Crippen LogP contribution is 2.69. The van der Waals surface area contributed by atoms with Crippen molar-refractivity contribution in [3.63, 3.8) is 0 Å². The lowest BCUT2D eigenvalue weighted by atomic mass is 10.0. The first-order valence-corrected chi connectivity index (χ1v) is 11.1. The van der Waals surface area contributed by atoms with Gasteiger partial charge in [-0.1, -0.05) is 58.0 Å². The van der Waals surface area contributed by atoms with Crippen LogP contribution in [0.25, 0.3) is 0 Å². The minimum absolute atomic E-state index is 0.0808. The number of nitrogens with zero attached hydrogens (tertiary/aromatic N) is 2. The minimum Gasteiger partial charge on any atom is -0.366 e. The summed E-state index contributed by atoms with van der Waals surface area (Å²) in [5.74, 6) is -1.75. The third-order valence-corrected chi connectivity index (χ3v) is 7.66. The Morgan fingerprint density at radius 3 is 2.06 bits per heavy atom. The molecule has 1 unspecified atom stereocenters. The van der Waals surface area contributed by atoms with Crippen LogP contribution in [-0.2, 0) is 20.9 Å². The number of primary amides is 1. The lowest BCUT2D eigenvalue weighted by molar-refractivity contribution is -0.141. The van der Waals surface area contributed by atoms with Gasteiger partial charge in [0.2, 0.25) is 17.7 Å². The Morgan fingerprint density at radius 1 is 0.970 bits per heavy atom. The van der Waals surface area contributed by atoms with Crippen LogP contribution in [-0.4, -0.2) is 34.6 Å². The van der Waals surface area contributed by atoms with Gasteiger partial charge in [0, 0.05) is 18.0 Å². The lowest BCUT2D eigenvalue weighted by Crippen LogP contribution is -2.46. The zero-order valence-electron chi connectivity index (χ0n) is 19.4. The molecule has 0 spiro atoms. The van der Waals surface area contributed by atoms with E-state index in [-0.39, 0.29) is 47.1 Å². The van der Waals surface area contributed by atoms with Crippen molar-refractivity contribution in [2.45, 2.75) is 46.7 Å². The molecule has 2 aromatic rings. The van der Waals surface area contributed by atoms with Gasteiger partial charge in [-0.2, -0.15) is 0 Å². The number of anilines is 1. The monoisotopic (exact) mass is 447 g/mol. The van der Waals surface area contributed by atoms with Gasteiger partial charge in [0.05, 0.1) is 12.1 Å². The van der Waals surface area contributed by atoms with Crippen molar-refractivity contribution in [3.8, 4) is 0 Å². The summed E-state index contributed by atoms with van der Waals surface area (Å²) in [6.45, 7) is 8.49. The van der Waals surface area contributed by atoms with Crippen LogP contribution >= 0.6 is 0 Å². The zero-order chi connectivity index (χ0) is 24.1. The predicted molar refractivity (Wildman–Crippen MR) is 124 cm³/mol. The topological polar surface area (TPSA) is 101 Å². The first kappa shape index (κ1) is 22.7. The number of hydrogen-bond acceptors (Lipinski definition) is 4.